The monoisotopic (exact) mass is 443 g/mol. The maximum Gasteiger partial charge on any atom is 0.191 e. The zero-order valence-electron chi connectivity index (χ0n) is 14.1. The van der Waals surface area contributed by atoms with Crippen molar-refractivity contribution in [2.75, 3.05) is 14.2 Å². The number of rotatable bonds is 5. The van der Waals surface area contributed by atoms with Crippen LogP contribution in [0.25, 0.3) is 0 Å². The highest BCUT2D eigenvalue weighted by molar-refractivity contribution is 14.0. The second kappa shape index (κ2) is 10.1. The number of methoxy groups -OCH3 is 1. The highest BCUT2D eigenvalue weighted by Gasteiger charge is 2.04. The summed E-state index contributed by atoms with van der Waals surface area (Å²) in [5, 5.41) is 6.41. The lowest BCUT2D eigenvalue weighted by Crippen LogP contribution is -2.36. The molecule has 0 aromatic heterocycles. The van der Waals surface area contributed by atoms with Crippen LogP contribution in [0.5, 0.6) is 5.75 Å². The Bertz CT molecular complexity index is 692. The molecule has 0 radical (unpaired) electrons. The van der Waals surface area contributed by atoms with E-state index in [0.717, 1.165) is 5.56 Å². The van der Waals surface area contributed by atoms with Gasteiger partial charge in [0, 0.05) is 20.1 Å². The Morgan fingerprint density at radius 3 is 2.29 bits per heavy atom. The number of aliphatic imine (C=N–C) groups is 1. The Hall–Kier alpha value is -1.83. The van der Waals surface area contributed by atoms with Gasteiger partial charge in [-0.15, -0.1) is 24.0 Å². The summed E-state index contributed by atoms with van der Waals surface area (Å²) in [4.78, 5) is 4.17. The number of aryl methyl sites for hydroxylation is 1. The molecule has 130 valence electrons. The molecule has 0 spiro atoms. The van der Waals surface area contributed by atoms with E-state index in [-0.39, 0.29) is 35.5 Å². The molecule has 0 saturated heterocycles. The van der Waals surface area contributed by atoms with Crippen LogP contribution in [-0.4, -0.2) is 20.1 Å². The normalized spacial score (nSPS) is 10.8. The minimum Gasteiger partial charge on any atom is -0.494 e. The van der Waals surface area contributed by atoms with Gasteiger partial charge in [0.25, 0.3) is 0 Å². The standard InChI is InChI=1S/C18H22FN3O.HI/c1-13-5-4-6-14(9-13)11-21-18(20-2)22-12-15-7-8-17(23-3)16(19)10-15;/h4-10H,11-12H2,1-3H3,(H2,20,21,22);1H. The first-order chi connectivity index (χ1) is 11.1. The summed E-state index contributed by atoms with van der Waals surface area (Å²) in [6.07, 6.45) is 0. The summed E-state index contributed by atoms with van der Waals surface area (Å²) < 4.78 is 18.6. The molecule has 0 amide bonds. The minimum atomic E-state index is -0.366. The number of ether oxygens (including phenoxy) is 1. The number of benzene rings is 2. The van der Waals surface area contributed by atoms with Crippen molar-refractivity contribution in [3.8, 4) is 5.75 Å². The molecule has 2 aromatic rings. The van der Waals surface area contributed by atoms with Crippen molar-refractivity contribution in [2.24, 2.45) is 4.99 Å². The zero-order chi connectivity index (χ0) is 16.7. The molecule has 0 bridgehead atoms. The molecule has 2 rings (SSSR count). The van der Waals surface area contributed by atoms with E-state index in [4.69, 9.17) is 4.74 Å². The molecule has 0 aliphatic carbocycles. The van der Waals surface area contributed by atoms with Gasteiger partial charge in [-0.05, 0) is 30.2 Å². The summed E-state index contributed by atoms with van der Waals surface area (Å²) in [5.41, 5.74) is 3.23. The van der Waals surface area contributed by atoms with E-state index in [1.165, 1.54) is 24.3 Å². The zero-order valence-corrected chi connectivity index (χ0v) is 16.4. The van der Waals surface area contributed by atoms with Crippen molar-refractivity contribution >= 4 is 29.9 Å². The van der Waals surface area contributed by atoms with Crippen molar-refractivity contribution in [3.63, 3.8) is 0 Å². The topological polar surface area (TPSA) is 45.7 Å². The SMILES string of the molecule is CN=C(NCc1cccc(C)c1)NCc1ccc(OC)c(F)c1.I. The Labute approximate surface area is 159 Å². The third-order valence-electron chi connectivity index (χ3n) is 3.44. The molecule has 2 aromatic carbocycles. The second-order valence-corrected chi connectivity index (χ2v) is 5.24. The summed E-state index contributed by atoms with van der Waals surface area (Å²) in [5.74, 6) is 0.549. The molecule has 2 N–H and O–H groups in total. The smallest absolute Gasteiger partial charge is 0.191 e. The fourth-order valence-electron chi connectivity index (χ4n) is 2.23. The Morgan fingerprint density at radius 1 is 1.08 bits per heavy atom. The summed E-state index contributed by atoms with van der Waals surface area (Å²) in [7, 11) is 3.16. The van der Waals surface area contributed by atoms with E-state index in [1.807, 2.05) is 12.1 Å². The van der Waals surface area contributed by atoms with Crippen molar-refractivity contribution in [3.05, 3.63) is 65.0 Å². The third-order valence-corrected chi connectivity index (χ3v) is 3.44. The number of hydrogen-bond donors (Lipinski definition) is 2. The molecular weight excluding hydrogens is 420 g/mol. The van der Waals surface area contributed by atoms with Crippen molar-refractivity contribution in [1.29, 1.82) is 0 Å². The fraction of sp³-hybridized carbons (Fsp3) is 0.278. The van der Waals surface area contributed by atoms with Crippen LogP contribution in [-0.2, 0) is 13.1 Å². The van der Waals surface area contributed by atoms with Gasteiger partial charge in [-0.1, -0.05) is 35.9 Å². The van der Waals surface area contributed by atoms with E-state index in [0.29, 0.717) is 19.0 Å². The summed E-state index contributed by atoms with van der Waals surface area (Å²) >= 11 is 0. The van der Waals surface area contributed by atoms with Crippen LogP contribution in [0, 0.1) is 12.7 Å². The summed E-state index contributed by atoms with van der Waals surface area (Å²) in [6.45, 7) is 3.22. The first-order valence-corrected chi connectivity index (χ1v) is 7.45. The highest BCUT2D eigenvalue weighted by atomic mass is 127. The van der Waals surface area contributed by atoms with Gasteiger partial charge in [0.05, 0.1) is 7.11 Å². The van der Waals surface area contributed by atoms with Crippen LogP contribution in [0.4, 0.5) is 4.39 Å². The van der Waals surface area contributed by atoms with Gasteiger partial charge in [-0.2, -0.15) is 0 Å². The predicted molar refractivity (Wildman–Crippen MR) is 107 cm³/mol. The molecule has 0 unspecified atom stereocenters. The van der Waals surface area contributed by atoms with Crippen molar-refractivity contribution < 1.29 is 9.13 Å². The fourth-order valence-corrected chi connectivity index (χ4v) is 2.23. The van der Waals surface area contributed by atoms with E-state index in [2.05, 4.69) is 40.7 Å². The predicted octanol–water partition coefficient (Wildman–Crippen LogP) is 3.63. The van der Waals surface area contributed by atoms with Crippen LogP contribution in [0.1, 0.15) is 16.7 Å². The Kier molecular flexibility index (Phi) is 8.53. The van der Waals surface area contributed by atoms with Crippen molar-refractivity contribution in [1.82, 2.24) is 10.6 Å². The van der Waals surface area contributed by atoms with E-state index in [9.17, 15) is 4.39 Å². The Morgan fingerprint density at radius 2 is 1.75 bits per heavy atom. The van der Waals surface area contributed by atoms with Gasteiger partial charge >= 0.3 is 0 Å². The first-order valence-electron chi connectivity index (χ1n) is 7.45. The molecule has 0 heterocycles. The Balaban J connectivity index is 0.00000288. The maximum absolute atomic E-state index is 13.7. The number of nitrogens with zero attached hydrogens (tertiary/aromatic N) is 1. The molecule has 6 heteroatoms. The quantitative estimate of drug-likeness (QED) is 0.422. The minimum absolute atomic E-state index is 0. The van der Waals surface area contributed by atoms with Crippen LogP contribution in [0.2, 0.25) is 0 Å². The number of nitrogens with one attached hydrogen (secondary N) is 2. The lowest BCUT2D eigenvalue weighted by atomic mass is 10.1. The van der Waals surface area contributed by atoms with E-state index < -0.39 is 0 Å². The van der Waals surface area contributed by atoms with Gasteiger partial charge < -0.3 is 15.4 Å². The lowest BCUT2D eigenvalue weighted by Gasteiger charge is -2.13. The third kappa shape index (κ3) is 5.99. The van der Waals surface area contributed by atoms with Gasteiger partial charge in [-0.25, -0.2) is 4.39 Å². The molecule has 24 heavy (non-hydrogen) atoms. The highest BCUT2D eigenvalue weighted by Crippen LogP contribution is 2.17. The number of hydrogen-bond acceptors (Lipinski definition) is 2. The maximum atomic E-state index is 13.7. The average Bonchev–Trinajstić information content (AvgIpc) is 2.55. The van der Waals surface area contributed by atoms with Gasteiger partial charge in [-0.3, -0.25) is 4.99 Å². The number of guanidine groups is 1. The van der Waals surface area contributed by atoms with Crippen LogP contribution in [0.3, 0.4) is 0 Å². The van der Waals surface area contributed by atoms with Crippen LogP contribution >= 0.6 is 24.0 Å². The summed E-state index contributed by atoms with van der Waals surface area (Å²) in [6, 6.07) is 13.2. The number of halogens is 2. The molecule has 0 aliphatic rings. The largest absolute Gasteiger partial charge is 0.494 e. The van der Waals surface area contributed by atoms with Crippen molar-refractivity contribution in [2.45, 2.75) is 20.0 Å². The molecule has 4 nitrogen and oxygen atoms in total. The van der Waals surface area contributed by atoms with Crippen LogP contribution in [0.15, 0.2) is 47.5 Å². The van der Waals surface area contributed by atoms with E-state index >= 15 is 0 Å². The second-order valence-electron chi connectivity index (χ2n) is 5.24. The first kappa shape index (κ1) is 20.2. The molecular formula is C18H23FIN3O. The van der Waals surface area contributed by atoms with Gasteiger partial charge in [0.2, 0.25) is 0 Å². The van der Waals surface area contributed by atoms with Gasteiger partial charge in [0.1, 0.15) is 0 Å². The molecule has 0 fully saturated rings. The molecule has 0 saturated carbocycles. The lowest BCUT2D eigenvalue weighted by molar-refractivity contribution is 0.386. The van der Waals surface area contributed by atoms with E-state index in [1.54, 1.807) is 13.1 Å². The van der Waals surface area contributed by atoms with Crippen LogP contribution < -0.4 is 15.4 Å². The molecule has 0 atom stereocenters. The average molecular weight is 443 g/mol. The van der Waals surface area contributed by atoms with Gasteiger partial charge in [0.15, 0.2) is 17.5 Å². The molecule has 0 aliphatic heterocycles.